The molecule has 7 nitrogen and oxygen atoms in total. The normalized spacial score (nSPS) is 12.2. The molecule has 8 aromatic carbocycles. The van der Waals surface area contributed by atoms with Crippen molar-refractivity contribution < 1.29 is 0 Å². The van der Waals surface area contributed by atoms with Gasteiger partial charge in [-0.3, -0.25) is 17.9 Å². The Balaban J connectivity index is 1.05. The van der Waals surface area contributed by atoms with Gasteiger partial charge in [-0.15, -0.1) is 0 Å². The second-order valence-electron chi connectivity index (χ2n) is 14.8. The maximum Gasteiger partial charge on any atom is 0.220 e. The Morgan fingerprint density at radius 2 is 0.737 bits per heavy atom. The zero-order chi connectivity index (χ0) is 37.2. The summed E-state index contributed by atoms with van der Waals surface area (Å²) in [4.78, 5) is 10.4. The number of nitrogens with zero attached hydrogens (tertiary/aromatic N) is 7. The molecule has 0 radical (unpaired) electrons. The molecule has 0 saturated carbocycles. The zero-order valence-corrected chi connectivity index (χ0v) is 30.5. The molecule has 5 aromatic heterocycles. The molecule has 0 aliphatic carbocycles. The quantitative estimate of drug-likeness (QED) is 0.181. The number of fused-ring (bicyclic) bond motifs is 13. The fourth-order valence-electron chi connectivity index (χ4n) is 9.20. The molecular weight excluding hydrogens is 699 g/mol. The zero-order valence-electron chi connectivity index (χ0n) is 30.5. The lowest BCUT2D eigenvalue weighted by molar-refractivity contribution is 1.11. The third-order valence-electron chi connectivity index (χ3n) is 11.7. The van der Waals surface area contributed by atoms with Crippen molar-refractivity contribution in [3.8, 4) is 28.2 Å². The fraction of sp³-hybridized carbons (Fsp3) is 0. The lowest BCUT2D eigenvalue weighted by Crippen LogP contribution is -1.96. The van der Waals surface area contributed by atoms with Gasteiger partial charge in [0.15, 0.2) is 0 Å². The number of hydrogen-bond acceptors (Lipinski definition) is 2. The van der Waals surface area contributed by atoms with Crippen LogP contribution in [-0.2, 0) is 0 Å². The highest BCUT2D eigenvalue weighted by molar-refractivity contribution is 6.10. The van der Waals surface area contributed by atoms with E-state index in [1.54, 1.807) is 0 Å². The van der Waals surface area contributed by atoms with Gasteiger partial charge in [-0.05, 0) is 108 Å². The van der Waals surface area contributed by atoms with Crippen molar-refractivity contribution in [1.29, 1.82) is 0 Å². The second kappa shape index (κ2) is 11.3. The van der Waals surface area contributed by atoms with E-state index in [1.807, 2.05) is 0 Å². The lowest BCUT2D eigenvalue weighted by Gasteiger charge is -2.09. The average Bonchev–Trinajstić information content (AvgIpc) is 4.06. The molecular formula is C50H31N7. The van der Waals surface area contributed by atoms with Gasteiger partial charge in [0.05, 0.1) is 55.2 Å². The molecule has 7 heteroatoms. The van der Waals surface area contributed by atoms with Crippen molar-refractivity contribution in [2.75, 3.05) is 0 Å². The van der Waals surface area contributed by atoms with E-state index < -0.39 is 0 Å². The molecule has 0 aliphatic rings. The van der Waals surface area contributed by atoms with Crippen molar-refractivity contribution in [3.05, 3.63) is 188 Å². The monoisotopic (exact) mass is 729 g/mol. The summed E-state index contributed by atoms with van der Waals surface area (Å²) in [5, 5.41) is 2.42. The third-order valence-corrected chi connectivity index (χ3v) is 11.7. The molecule has 57 heavy (non-hydrogen) atoms. The summed E-state index contributed by atoms with van der Waals surface area (Å²) in [6.07, 6.45) is 0. The first-order valence-electron chi connectivity index (χ1n) is 19.3. The second-order valence-corrected chi connectivity index (χ2v) is 14.8. The predicted molar refractivity (Wildman–Crippen MR) is 232 cm³/mol. The number of rotatable bonds is 4. The van der Waals surface area contributed by atoms with Crippen LogP contribution < -0.4 is 0 Å². The Hall–Kier alpha value is -7.90. The van der Waals surface area contributed by atoms with Crippen LogP contribution in [-0.4, -0.2) is 32.5 Å². The minimum Gasteiger partial charge on any atom is -0.309 e. The number of imidazole rings is 4. The van der Waals surface area contributed by atoms with Crippen molar-refractivity contribution in [1.82, 2.24) is 32.5 Å². The first kappa shape index (κ1) is 30.4. The van der Waals surface area contributed by atoms with Gasteiger partial charge in [0.1, 0.15) is 0 Å². The van der Waals surface area contributed by atoms with Crippen LogP contribution in [0.2, 0.25) is 0 Å². The molecule has 266 valence electrons. The van der Waals surface area contributed by atoms with Gasteiger partial charge in [0, 0.05) is 27.8 Å². The van der Waals surface area contributed by atoms with E-state index in [1.165, 1.54) is 21.8 Å². The topological polar surface area (TPSA) is 49.4 Å². The van der Waals surface area contributed by atoms with Gasteiger partial charge in [-0.25, -0.2) is 9.97 Å². The van der Waals surface area contributed by atoms with Crippen LogP contribution >= 0.6 is 0 Å². The first-order chi connectivity index (χ1) is 28.3. The number of para-hydroxylation sites is 7. The van der Waals surface area contributed by atoms with Crippen LogP contribution in [0.15, 0.2) is 188 Å². The van der Waals surface area contributed by atoms with Crippen LogP contribution in [0.1, 0.15) is 0 Å². The van der Waals surface area contributed by atoms with Crippen LogP contribution in [0.5, 0.6) is 0 Å². The van der Waals surface area contributed by atoms with Crippen LogP contribution in [0.4, 0.5) is 0 Å². The number of benzene rings is 8. The summed E-state index contributed by atoms with van der Waals surface area (Å²) in [5.41, 5.74) is 16.5. The minimum atomic E-state index is 0.886. The Bertz CT molecular complexity index is 3750. The van der Waals surface area contributed by atoms with Gasteiger partial charge in [-0.2, -0.15) is 0 Å². The predicted octanol–water partition coefficient (Wildman–Crippen LogP) is 11.9. The summed E-state index contributed by atoms with van der Waals surface area (Å²) < 4.78 is 11.6. The van der Waals surface area contributed by atoms with Crippen molar-refractivity contribution in [2.24, 2.45) is 0 Å². The number of hydrogen-bond donors (Lipinski definition) is 0. The van der Waals surface area contributed by atoms with E-state index in [0.717, 1.165) is 83.9 Å². The van der Waals surface area contributed by atoms with E-state index in [-0.39, 0.29) is 0 Å². The molecule has 0 N–H and O–H groups in total. The van der Waals surface area contributed by atoms with Crippen LogP contribution in [0, 0.1) is 0 Å². The summed E-state index contributed by atoms with van der Waals surface area (Å²) in [5.74, 6) is 1.79. The Morgan fingerprint density at radius 1 is 0.281 bits per heavy atom. The molecule has 0 spiro atoms. The van der Waals surface area contributed by atoms with Crippen LogP contribution in [0.25, 0.3) is 106 Å². The van der Waals surface area contributed by atoms with Gasteiger partial charge in [-0.1, -0.05) is 91.0 Å². The van der Waals surface area contributed by atoms with Crippen molar-refractivity contribution in [2.45, 2.75) is 0 Å². The van der Waals surface area contributed by atoms with E-state index in [4.69, 9.17) is 9.97 Å². The van der Waals surface area contributed by atoms with Gasteiger partial charge in [0.2, 0.25) is 11.6 Å². The Kier molecular flexibility index (Phi) is 6.04. The van der Waals surface area contributed by atoms with Crippen molar-refractivity contribution in [3.63, 3.8) is 0 Å². The Morgan fingerprint density at radius 3 is 1.33 bits per heavy atom. The molecule has 13 rings (SSSR count). The first-order valence-corrected chi connectivity index (χ1v) is 19.3. The van der Waals surface area contributed by atoms with Crippen LogP contribution in [0.3, 0.4) is 0 Å². The summed E-state index contributed by atoms with van der Waals surface area (Å²) in [7, 11) is 0. The van der Waals surface area contributed by atoms with E-state index >= 15 is 0 Å². The highest BCUT2D eigenvalue weighted by atomic mass is 15.2. The molecule has 0 unspecified atom stereocenters. The molecule has 0 fully saturated rings. The van der Waals surface area contributed by atoms with Crippen molar-refractivity contribution >= 4 is 77.5 Å². The third kappa shape index (κ3) is 4.20. The molecule has 5 heterocycles. The van der Waals surface area contributed by atoms with E-state index in [2.05, 4.69) is 211 Å². The number of aromatic nitrogens is 7. The molecule has 13 aromatic rings. The van der Waals surface area contributed by atoms with E-state index in [0.29, 0.717) is 0 Å². The summed E-state index contributed by atoms with van der Waals surface area (Å²) >= 11 is 0. The molecule has 0 aliphatic heterocycles. The molecule has 0 atom stereocenters. The highest BCUT2D eigenvalue weighted by Gasteiger charge is 2.21. The molecule has 0 saturated heterocycles. The SMILES string of the molecule is c1ccc(-n2c3ccccc3c3cc(-n4c5ccc(-c6ccc7c(c6)n6c8ccccc8nc6n7-c6ccccc6)cc5n5c6ccccc6nc45)ccc32)cc1. The Labute approximate surface area is 325 Å². The molecule has 0 bridgehead atoms. The smallest absolute Gasteiger partial charge is 0.220 e. The lowest BCUT2D eigenvalue weighted by atomic mass is 10.0. The molecule has 0 amide bonds. The fourth-order valence-corrected chi connectivity index (χ4v) is 9.20. The van der Waals surface area contributed by atoms with Gasteiger partial charge < -0.3 is 4.57 Å². The standard InChI is InChI=1S/C50H31N7/c1-3-13-34(14-4-1)53-41-20-10-7-17-37(41)38-31-36(25-28-42(38)53)55-46-27-24-33(30-48(46)57-44-22-12-9-19-40(44)52-50(55)57)32-23-26-45-47(29-32)56-43-21-11-8-18-39(43)51-49(56)54(45)35-15-5-2-6-16-35/h1-31H. The summed E-state index contributed by atoms with van der Waals surface area (Å²) in [6.45, 7) is 0. The summed E-state index contributed by atoms with van der Waals surface area (Å²) in [6, 6.07) is 67.1. The minimum absolute atomic E-state index is 0.886. The van der Waals surface area contributed by atoms with E-state index in [9.17, 15) is 0 Å². The van der Waals surface area contributed by atoms with Gasteiger partial charge >= 0.3 is 0 Å². The maximum absolute atomic E-state index is 5.26. The maximum atomic E-state index is 5.26. The average molecular weight is 730 g/mol. The van der Waals surface area contributed by atoms with Gasteiger partial charge in [0.25, 0.3) is 0 Å². The highest BCUT2D eigenvalue weighted by Crippen LogP contribution is 2.38. The largest absolute Gasteiger partial charge is 0.309 e.